The van der Waals surface area contributed by atoms with Crippen LogP contribution in [0.2, 0.25) is 0 Å². The molecule has 1 fully saturated rings. The molecule has 2 aromatic carbocycles. The van der Waals surface area contributed by atoms with Gasteiger partial charge in [0.15, 0.2) is 0 Å². The topological polar surface area (TPSA) is 32.3 Å². The number of carbonyl (C=O) groups excluding carboxylic acids is 1. The normalized spacial score (nSPS) is 15.4. The van der Waals surface area contributed by atoms with Crippen LogP contribution >= 0.6 is 0 Å². The van der Waals surface area contributed by atoms with Gasteiger partial charge in [0.2, 0.25) is 5.91 Å². The van der Waals surface area contributed by atoms with Crippen LogP contribution in [-0.4, -0.2) is 26.0 Å². The summed E-state index contributed by atoms with van der Waals surface area (Å²) in [5.41, 5.74) is 0.991. The Morgan fingerprint density at radius 2 is 1.89 bits per heavy atom. The van der Waals surface area contributed by atoms with E-state index in [9.17, 15) is 4.79 Å². The summed E-state index contributed by atoms with van der Waals surface area (Å²) in [6.45, 7) is 1.60. The van der Waals surface area contributed by atoms with Crippen LogP contribution in [-0.2, 0) is 4.79 Å². The van der Waals surface area contributed by atoms with Crippen molar-refractivity contribution in [2.75, 3.05) is 25.0 Å². The molecule has 0 aliphatic carbocycles. The highest BCUT2D eigenvalue weighted by molar-refractivity contribution is 6.04. The number of hydrogen-bond donors (Lipinski definition) is 1. The van der Waals surface area contributed by atoms with Crippen LogP contribution in [0.1, 0.15) is 0 Å². The third kappa shape index (κ3) is 1.77. The Balaban J connectivity index is 2.00. The van der Waals surface area contributed by atoms with E-state index in [0.29, 0.717) is 0 Å². The molecule has 1 amide bonds. The van der Waals surface area contributed by atoms with E-state index < -0.39 is 0 Å². The van der Waals surface area contributed by atoms with E-state index in [2.05, 4.69) is 23.5 Å². The molecule has 1 heterocycles. The molecule has 3 nitrogen and oxygen atoms in total. The van der Waals surface area contributed by atoms with Gasteiger partial charge in [-0.1, -0.05) is 36.4 Å². The molecule has 1 aliphatic heterocycles. The molecule has 18 heavy (non-hydrogen) atoms. The highest BCUT2D eigenvalue weighted by Crippen LogP contribution is 2.27. The number of fused-ring (bicyclic) bond motifs is 1. The lowest BCUT2D eigenvalue weighted by molar-refractivity contribution is -0.123. The molecule has 0 aromatic heterocycles. The highest BCUT2D eigenvalue weighted by atomic mass is 16.2. The molecular formula is C15H16N2O. The van der Waals surface area contributed by atoms with E-state index in [1.807, 2.05) is 31.3 Å². The molecule has 2 aromatic rings. The number of anilines is 1. The highest BCUT2D eigenvalue weighted by Gasteiger charge is 2.28. The number of nitrogens with one attached hydrogen (secondary N) is 1. The number of benzene rings is 2. The van der Waals surface area contributed by atoms with E-state index in [0.717, 1.165) is 24.2 Å². The molecule has 3 heteroatoms. The van der Waals surface area contributed by atoms with Gasteiger partial charge in [0.05, 0.1) is 11.6 Å². The van der Waals surface area contributed by atoms with Gasteiger partial charge >= 0.3 is 0 Å². The fraction of sp³-hybridized carbons (Fsp3) is 0.267. The molecule has 0 spiro atoms. The van der Waals surface area contributed by atoms with Crippen LogP contribution in [0.15, 0.2) is 42.5 Å². The van der Waals surface area contributed by atoms with Crippen LogP contribution in [0.5, 0.6) is 0 Å². The van der Waals surface area contributed by atoms with Crippen molar-refractivity contribution in [1.82, 2.24) is 5.32 Å². The van der Waals surface area contributed by atoms with Crippen molar-refractivity contribution in [2.45, 2.75) is 0 Å². The molecule has 0 radical (unpaired) electrons. The van der Waals surface area contributed by atoms with Gasteiger partial charge in [-0.15, -0.1) is 0 Å². The van der Waals surface area contributed by atoms with Gasteiger partial charge in [0.1, 0.15) is 0 Å². The fourth-order valence-electron chi connectivity index (χ4n) is 2.36. The van der Waals surface area contributed by atoms with Gasteiger partial charge in [0.25, 0.3) is 0 Å². The van der Waals surface area contributed by atoms with Crippen LogP contribution in [0.4, 0.5) is 5.69 Å². The second-order valence-corrected chi connectivity index (χ2v) is 4.75. The third-order valence-electron chi connectivity index (χ3n) is 3.59. The number of nitrogens with zero attached hydrogens (tertiary/aromatic N) is 1. The monoisotopic (exact) mass is 240 g/mol. The van der Waals surface area contributed by atoms with Crippen molar-refractivity contribution in [1.29, 1.82) is 0 Å². The smallest absolute Gasteiger partial charge is 0.232 e. The standard InChI is InChI=1S/C15H16N2O/c1-17(15(18)12-9-16-10-12)14-8-4-6-11-5-2-3-7-13(11)14/h2-8,12,16H,9-10H2,1H3. The van der Waals surface area contributed by atoms with E-state index in [4.69, 9.17) is 0 Å². The van der Waals surface area contributed by atoms with E-state index in [1.54, 1.807) is 4.90 Å². The Kier molecular flexibility index (Phi) is 2.76. The first-order valence-corrected chi connectivity index (χ1v) is 6.23. The number of carbonyl (C=O) groups is 1. The first-order chi connectivity index (χ1) is 8.77. The summed E-state index contributed by atoms with van der Waals surface area (Å²) in [5, 5.41) is 5.43. The summed E-state index contributed by atoms with van der Waals surface area (Å²) in [6, 6.07) is 14.2. The van der Waals surface area contributed by atoms with Crippen LogP contribution in [0.3, 0.4) is 0 Å². The van der Waals surface area contributed by atoms with Gasteiger partial charge in [0, 0.05) is 25.5 Å². The first kappa shape index (κ1) is 11.2. The van der Waals surface area contributed by atoms with Gasteiger partial charge < -0.3 is 10.2 Å². The van der Waals surface area contributed by atoms with Crippen LogP contribution in [0.25, 0.3) is 10.8 Å². The summed E-state index contributed by atoms with van der Waals surface area (Å²) in [7, 11) is 1.86. The molecule has 3 rings (SSSR count). The van der Waals surface area contributed by atoms with Gasteiger partial charge in [-0.05, 0) is 11.5 Å². The average molecular weight is 240 g/mol. The Morgan fingerprint density at radius 3 is 2.61 bits per heavy atom. The molecule has 1 N–H and O–H groups in total. The number of rotatable bonds is 2. The Hall–Kier alpha value is -1.87. The zero-order chi connectivity index (χ0) is 12.5. The molecule has 0 atom stereocenters. The SMILES string of the molecule is CN(C(=O)C1CNC1)c1cccc2ccccc12. The summed E-state index contributed by atoms with van der Waals surface area (Å²) in [6.07, 6.45) is 0. The Labute approximate surface area is 106 Å². The van der Waals surface area contributed by atoms with Crippen molar-refractivity contribution in [3.05, 3.63) is 42.5 Å². The maximum Gasteiger partial charge on any atom is 0.232 e. The van der Waals surface area contributed by atoms with Crippen LogP contribution in [0, 0.1) is 5.92 Å². The molecule has 92 valence electrons. The Bertz CT molecular complexity index is 585. The maximum atomic E-state index is 12.3. The summed E-state index contributed by atoms with van der Waals surface area (Å²) in [4.78, 5) is 14.0. The number of hydrogen-bond acceptors (Lipinski definition) is 2. The zero-order valence-corrected chi connectivity index (χ0v) is 10.4. The molecule has 1 aliphatic rings. The minimum Gasteiger partial charge on any atom is -0.315 e. The largest absolute Gasteiger partial charge is 0.315 e. The van der Waals surface area contributed by atoms with E-state index in [1.165, 1.54) is 5.39 Å². The predicted molar refractivity (Wildman–Crippen MR) is 73.7 cm³/mol. The van der Waals surface area contributed by atoms with Crippen molar-refractivity contribution < 1.29 is 4.79 Å². The predicted octanol–water partition coefficient (Wildman–Crippen LogP) is 2.02. The quantitative estimate of drug-likeness (QED) is 0.871. The molecule has 1 saturated heterocycles. The average Bonchev–Trinajstić information content (AvgIpc) is 2.35. The minimum atomic E-state index is 0.133. The lowest BCUT2D eigenvalue weighted by Crippen LogP contribution is -2.51. The molecule has 0 unspecified atom stereocenters. The third-order valence-corrected chi connectivity index (χ3v) is 3.59. The van der Waals surface area contributed by atoms with Gasteiger partial charge in [-0.2, -0.15) is 0 Å². The zero-order valence-electron chi connectivity index (χ0n) is 10.4. The Morgan fingerprint density at radius 1 is 1.17 bits per heavy atom. The fourth-order valence-corrected chi connectivity index (χ4v) is 2.36. The summed E-state index contributed by atoms with van der Waals surface area (Å²) in [5.74, 6) is 0.332. The molecule has 0 bridgehead atoms. The van der Waals surface area contributed by atoms with Gasteiger partial charge in [-0.25, -0.2) is 0 Å². The minimum absolute atomic E-state index is 0.133. The molecular weight excluding hydrogens is 224 g/mol. The molecule has 0 saturated carbocycles. The lowest BCUT2D eigenvalue weighted by atomic mass is 10.0. The van der Waals surface area contributed by atoms with E-state index >= 15 is 0 Å². The second-order valence-electron chi connectivity index (χ2n) is 4.75. The van der Waals surface area contributed by atoms with Crippen molar-refractivity contribution in [2.24, 2.45) is 5.92 Å². The maximum absolute atomic E-state index is 12.3. The van der Waals surface area contributed by atoms with Gasteiger partial charge in [-0.3, -0.25) is 4.79 Å². The first-order valence-electron chi connectivity index (χ1n) is 6.23. The van der Waals surface area contributed by atoms with Crippen molar-refractivity contribution in [3.8, 4) is 0 Å². The van der Waals surface area contributed by atoms with Crippen molar-refractivity contribution in [3.63, 3.8) is 0 Å². The van der Waals surface area contributed by atoms with Crippen LogP contribution < -0.4 is 10.2 Å². The van der Waals surface area contributed by atoms with Crippen molar-refractivity contribution >= 4 is 22.4 Å². The lowest BCUT2D eigenvalue weighted by Gasteiger charge is -2.30. The van der Waals surface area contributed by atoms with E-state index in [-0.39, 0.29) is 11.8 Å². The summed E-state index contributed by atoms with van der Waals surface area (Å²) >= 11 is 0. The summed E-state index contributed by atoms with van der Waals surface area (Å²) < 4.78 is 0. The number of amides is 1. The second kappa shape index (κ2) is 4.42.